The van der Waals surface area contributed by atoms with Crippen molar-refractivity contribution in [1.29, 1.82) is 0 Å². The van der Waals surface area contributed by atoms with Gasteiger partial charge in [-0.1, -0.05) is 60.7 Å². The fourth-order valence-corrected chi connectivity index (χ4v) is 2.79. The van der Waals surface area contributed by atoms with Crippen LogP contribution < -0.4 is 5.32 Å². The van der Waals surface area contributed by atoms with E-state index in [-0.39, 0.29) is 11.6 Å². The molecule has 1 atom stereocenters. The van der Waals surface area contributed by atoms with Crippen LogP contribution in [0.4, 0.5) is 13.2 Å². The average Bonchev–Trinajstić information content (AvgIpc) is 2.68. The fraction of sp³-hybridized carbons (Fsp3) is 0.136. The zero-order valence-corrected chi connectivity index (χ0v) is 14.6. The average molecular weight is 369 g/mol. The Kier molecular flexibility index (Phi) is 5.31. The van der Waals surface area contributed by atoms with Gasteiger partial charge in [0.15, 0.2) is 0 Å². The maximum absolute atomic E-state index is 12.8. The molecule has 0 bridgehead atoms. The lowest BCUT2D eigenvalue weighted by Gasteiger charge is -2.16. The van der Waals surface area contributed by atoms with Gasteiger partial charge < -0.3 is 5.32 Å². The SMILES string of the molecule is C[C@H](NC(=O)c1cccc(C(F)(F)F)c1)c1ccc(-c2ccccc2)cc1. The van der Waals surface area contributed by atoms with Gasteiger partial charge in [0, 0.05) is 5.56 Å². The summed E-state index contributed by atoms with van der Waals surface area (Å²) in [6.07, 6.45) is -4.48. The van der Waals surface area contributed by atoms with Crippen molar-refractivity contribution in [2.24, 2.45) is 0 Å². The molecule has 0 radical (unpaired) electrons. The molecule has 3 rings (SSSR count). The number of alkyl halides is 3. The molecule has 1 N–H and O–H groups in total. The van der Waals surface area contributed by atoms with Gasteiger partial charge in [0.1, 0.15) is 0 Å². The first-order chi connectivity index (χ1) is 12.8. The maximum atomic E-state index is 12.8. The third-order valence-electron chi connectivity index (χ3n) is 4.32. The number of hydrogen-bond donors (Lipinski definition) is 1. The molecule has 0 heterocycles. The molecule has 3 aromatic carbocycles. The summed E-state index contributed by atoms with van der Waals surface area (Å²) in [7, 11) is 0. The molecule has 2 nitrogen and oxygen atoms in total. The van der Waals surface area contributed by atoms with Gasteiger partial charge in [0.2, 0.25) is 0 Å². The summed E-state index contributed by atoms with van der Waals surface area (Å²) < 4.78 is 38.4. The lowest BCUT2D eigenvalue weighted by atomic mass is 10.0. The minimum absolute atomic E-state index is 0.0161. The van der Waals surface area contributed by atoms with Crippen LogP contribution in [0.3, 0.4) is 0 Å². The van der Waals surface area contributed by atoms with E-state index in [1.165, 1.54) is 12.1 Å². The Bertz CT molecular complexity index is 918. The third-order valence-corrected chi connectivity index (χ3v) is 4.32. The second-order valence-corrected chi connectivity index (χ2v) is 6.26. The van der Waals surface area contributed by atoms with Crippen molar-refractivity contribution >= 4 is 5.91 Å². The summed E-state index contributed by atoms with van der Waals surface area (Å²) >= 11 is 0. The summed E-state index contributed by atoms with van der Waals surface area (Å²) in [6.45, 7) is 1.79. The molecule has 0 spiro atoms. The zero-order valence-electron chi connectivity index (χ0n) is 14.6. The van der Waals surface area contributed by atoms with Gasteiger partial charge in [0.25, 0.3) is 5.91 Å². The predicted molar refractivity (Wildman–Crippen MR) is 99.2 cm³/mol. The summed E-state index contributed by atoms with van der Waals surface area (Å²) in [6, 6.07) is 21.7. The molecule has 5 heteroatoms. The molecule has 0 aliphatic rings. The number of carbonyl (C=O) groups excluding carboxylic acids is 1. The quantitative estimate of drug-likeness (QED) is 0.613. The maximum Gasteiger partial charge on any atom is 0.416 e. The molecule has 1 amide bonds. The van der Waals surface area contributed by atoms with Crippen molar-refractivity contribution < 1.29 is 18.0 Å². The molecule has 0 aliphatic heterocycles. The van der Waals surface area contributed by atoms with Gasteiger partial charge in [-0.3, -0.25) is 4.79 Å². The first-order valence-corrected chi connectivity index (χ1v) is 8.48. The Morgan fingerprint density at radius 3 is 2.11 bits per heavy atom. The minimum Gasteiger partial charge on any atom is -0.346 e. The minimum atomic E-state index is -4.48. The Morgan fingerprint density at radius 1 is 0.852 bits per heavy atom. The Labute approximate surface area is 155 Å². The van der Waals surface area contributed by atoms with Gasteiger partial charge in [-0.05, 0) is 41.8 Å². The van der Waals surface area contributed by atoms with Gasteiger partial charge >= 0.3 is 6.18 Å². The Hall–Kier alpha value is -3.08. The summed E-state index contributed by atoms with van der Waals surface area (Å²) in [5, 5.41) is 2.74. The Morgan fingerprint density at radius 2 is 1.48 bits per heavy atom. The molecule has 0 saturated heterocycles. The molecule has 0 unspecified atom stereocenters. The number of amides is 1. The van der Waals surface area contributed by atoms with E-state index in [9.17, 15) is 18.0 Å². The normalized spacial score (nSPS) is 12.4. The first kappa shape index (κ1) is 18.7. The highest BCUT2D eigenvalue weighted by molar-refractivity contribution is 5.94. The monoisotopic (exact) mass is 369 g/mol. The number of nitrogens with one attached hydrogen (secondary N) is 1. The molecule has 3 aromatic rings. The molecular weight excluding hydrogens is 351 g/mol. The summed E-state index contributed by atoms with van der Waals surface area (Å²) in [5.41, 5.74) is 2.16. The van der Waals surface area contributed by atoms with Crippen LogP contribution in [0.1, 0.15) is 34.5 Å². The van der Waals surface area contributed by atoms with Crippen molar-refractivity contribution in [1.82, 2.24) is 5.32 Å². The van der Waals surface area contributed by atoms with Crippen molar-refractivity contribution in [2.45, 2.75) is 19.1 Å². The number of benzene rings is 3. The number of rotatable bonds is 4. The van der Waals surface area contributed by atoms with Crippen LogP contribution in [0.2, 0.25) is 0 Å². The van der Waals surface area contributed by atoms with Crippen LogP contribution in [0.25, 0.3) is 11.1 Å². The lowest BCUT2D eigenvalue weighted by molar-refractivity contribution is -0.137. The second-order valence-electron chi connectivity index (χ2n) is 6.26. The van der Waals surface area contributed by atoms with E-state index < -0.39 is 17.6 Å². The van der Waals surface area contributed by atoms with E-state index in [0.29, 0.717) is 0 Å². The van der Waals surface area contributed by atoms with Gasteiger partial charge in [0.05, 0.1) is 11.6 Å². The van der Waals surface area contributed by atoms with Crippen molar-refractivity contribution in [3.05, 3.63) is 95.6 Å². The van der Waals surface area contributed by atoms with E-state index in [2.05, 4.69) is 5.32 Å². The van der Waals surface area contributed by atoms with Crippen LogP contribution in [0.5, 0.6) is 0 Å². The molecule has 27 heavy (non-hydrogen) atoms. The highest BCUT2D eigenvalue weighted by Crippen LogP contribution is 2.29. The molecular formula is C22H18F3NO. The highest BCUT2D eigenvalue weighted by atomic mass is 19.4. The molecule has 0 aromatic heterocycles. The van der Waals surface area contributed by atoms with E-state index in [1.807, 2.05) is 54.6 Å². The molecule has 0 fully saturated rings. The highest BCUT2D eigenvalue weighted by Gasteiger charge is 2.31. The van der Waals surface area contributed by atoms with E-state index >= 15 is 0 Å². The van der Waals surface area contributed by atoms with Crippen molar-refractivity contribution in [2.75, 3.05) is 0 Å². The number of halogens is 3. The summed E-state index contributed by atoms with van der Waals surface area (Å²) in [4.78, 5) is 12.3. The van der Waals surface area contributed by atoms with Crippen LogP contribution in [0, 0.1) is 0 Å². The van der Waals surface area contributed by atoms with Crippen molar-refractivity contribution in [3.63, 3.8) is 0 Å². The van der Waals surface area contributed by atoms with E-state index in [4.69, 9.17) is 0 Å². The van der Waals surface area contributed by atoms with Gasteiger partial charge in [-0.2, -0.15) is 13.2 Å². The standard InChI is InChI=1S/C22H18F3NO/c1-15(16-10-12-18(13-11-16)17-6-3-2-4-7-17)26-21(27)19-8-5-9-20(14-19)22(23,24)25/h2-15H,1H3,(H,26,27)/t15-/m0/s1. The van der Waals surface area contributed by atoms with Gasteiger partial charge in [-0.25, -0.2) is 0 Å². The zero-order chi connectivity index (χ0) is 19.4. The topological polar surface area (TPSA) is 29.1 Å². The first-order valence-electron chi connectivity index (χ1n) is 8.48. The van der Waals surface area contributed by atoms with Crippen LogP contribution in [-0.2, 0) is 6.18 Å². The number of hydrogen-bond acceptors (Lipinski definition) is 1. The smallest absolute Gasteiger partial charge is 0.346 e. The van der Waals surface area contributed by atoms with Crippen LogP contribution >= 0.6 is 0 Å². The third kappa shape index (κ3) is 4.56. The van der Waals surface area contributed by atoms with Crippen LogP contribution in [0.15, 0.2) is 78.9 Å². The van der Waals surface area contributed by atoms with E-state index in [0.717, 1.165) is 28.8 Å². The second kappa shape index (κ2) is 7.66. The fourth-order valence-electron chi connectivity index (χ4n) is 2.79. The molecule has 0 aliphatic carbocycles. The predicted octanol–water partition coefficient (Wildman–Crippen LogP) is 5.86. The largest absolute Gasteiger partial charge is 0.416 e. The van der Waals surface area contributed by atoms with E-state index in [1.54, 1.807) is 6.92 Å². The number of carbonyl (C=O) groups is 1. The summed E-state index contributed by atoms with van der Waals surface area (Å²) in [5.74, 6) is -0.541. The Balaban J connectivity index is 1.72. The van der Waals surface area contributed by atoms with Crippen molar-refractivity contribution in [3.8, 4) is 11.1 Å². The molecule has 138 valence electrons. The van der Waals surface area contributed by atoms with Crippen LogP contribution in [-0.4, -0.2) is 5.91 Å². The van der Waals surface area contributed by atoms with Gasteiger partial charge in [-0.15, -0.1) is 0 Å². The molecule has 0 saturated carbocycles. The lowest BCUT2D eigenvalue weighted by Crippen LogP contribution is -2.26.